The summed E-state index contributed by atoms with van der Waals surface area (Å²) in [4.78, 5) is 25.7. The number of carbonyl (C=O) groups is 2. The Morgan fingerprint density at radius 2 is 1.81 bits per heavy atom. The van der Waals surface area contributed by atoms with Crippen LogP contribution < -0.4 is 15.4 Å². The van der Waals surface area contributed by atoms with Crippen LogP contribution in [0.2, 0.25) is 0 Å². The van der Waals surface area contributed by atoms with Crippen molar-refractivity contribution < 1.29 is 23.1 Å². The summed E-state index contributed by atoms with van der Waals surface area (Å²) < 4.78 is 28.6. The zero-order valence-electron chi connectivity index (χ0n) is 15.3. The van der Waals surface area contributed by atoms with Crippen LogP contribution in [0.15, 0.2) is 42.5 Å². The molecule has 0 fully saturated rings. The average Bonchev–Trinajstić information content (AvgIpc) is 2.63. The van der Waals surface area contributed by atoms with Crippen molar-refractivity contribution in [2.24, 2.45) is 0 Å². The maximum atomic E-state index is 12.4. The van der Waals surface area contributed by atoms with Gasteiger partial charge >= 0.3 is 12.6 Å². The Morgan fingerprint density at radius 1 is 1.15 bits per heavy atom. The Kier molecular flexibility index (Phi) is 6.70. The quantitative estimate of drug-likeness (QED) is 0.808. The molecule has 0 spiro atoms. The van der Waals surface area contributed by atoms with Gasteiger partial charge in [0, 0.05) is 31.9 Å². The highest BCUT2D eigenvalue weighted by Crippen LogP contribution is 2.20. The fourth-order valence-electron chi connectivity index (χ4n) is 2.48. The predicted molar refractivity (Wildman–Crippen MR) is 98.1 cm³/mol. The van der Waals surface area contributed by atoms with Crippen LogP contribution >= 0.6 is 0 Å². The van der Waals surface area contributed by atoms with E-state index in [-0.39, 0.29) is 24.2 Å². The van der Waals surface area contributed by atoms with E-state index in [1.807, 2.05) is 0 Å². The first-order valence-electron chi connectivity index (χ1n) is 8.19. The maximum Gasteiger partial charge on any atom is 0.387 e. The van der Waals surface area contributed by atoms with Gasteiger partial charge in [-0.3, -0.25) is 4.79 Å². The molecule has 0 saturated carbocycles. The molecule has 2 N–H and O–H groups in total. The first-order chi connectivity index (χ1) is 12.8. The van der Waals surface area contributed by atoms with Gasteiger partial charge in [0.05, 0.1) is 0 Å². The highest BCUT2D eigenvalue weighted by molar-refractivity contribution is 5.98. The van der Waals surface area contributed by atoms with Gasteiger partial charge in [-0.1, -0.05) is 18.2 Å². The van der Waals surface area contributed by atoms with E-state index in [4.69, 9.17) is 0 Å². The van der Waals surface area contributed by atoms with Crippen molar-refractivity contribution in [2.75, 3.05) is 19.4 Å². The van der Waals surface area contributed by atoms with Gasteiger partial charge in [-0.15, -0.1) is 0 Å². The minimum atomic E-state index is -2.88. The Bertz CT molecular complexity index is 810. The van der Waals surface area contributed by atoms with E-state index in [1.54, 1.807) is 51.4 Å². The molecule has 0 aliphatic carbocycles. The van der Waals surface area contributed by atoms with Crippen LogP contribution in [0.3, 0.4) is 0 Å². The summed E-state index contributed by atoms with van der Waals surface area (Å²) in [5, 5.41) is 5.33. The lowest BCUT2D eigenvalue weighted by molar-refractivity contribution is -0.0498. The molecule has 144 valence electrons. The molecule has 0 aromatic heterocycles. The monoisotopic (exact) mass is 377 g/mol. The van der Waals surface area contributed by atoms with Crippen molar-refractivity contribution in [3.63, 3.8) is 0 Å². The molecule has 0 unspecified atom stereocenters. The van der Waals surface area contributed by atoms with Gasteiger partial charge in [0.2, 0.25) is 0 Å². The molecule has 27 heavy (non-hydrogen) atoms. The van der Waals surface area contributed by atoms with E-state index in [2.05, 4.69) is 15.4 Å². The molecule has 0 atom stereocenters. The van der Waals surface area contributed by atoms with Crippen molar-refractivity contribution in [2.45, 2.75) is 20.1 Å². The van der Waals surface area contributed by atoms with E-state index in [1.165, 1.54) is 17.0 Å². The summed E-state index contributed by atoms with van der Waals surface area (Å²) in [5.74, 6) is -0.175. The third-order valence-corrected chi connectivity index (χ3v) is 3.96. The molecule has 2 aromatic rings. The second-order valence-corrected chi connectivity index (χ2v) is 5.87. The fourth-order valence-corrected chi connectivity index (χ4v) is 2.48. The first-order valence-corrected chi connectivity index (χ1v) is 8.19. The van der Waals surface area contributed by atoms with E-state index in [0.29, 0.717) is 16.8 Å². The smallest absolute Gasteiger partial charge is 0.387 e. The third kappa shape index (κ3) is 5.40. The summed E-state index contributed by atoms with van der Waals surface area (Å²) in [7, 11) is 3.15. The molecule has 6 nitrogen and oxygen atoms in total. The zero-order chi connectivity index (χ0) is 20.0. The van der Waals surface area contributed by atoms with Crippen LogP contribution in [0.4, 0.5) is 19.3 Å². The third-order valence-electron chi connectivity index (χ3n) is 3.96. The van der Waals surface area contributed by atoms with Crippen LogP contribution in [0.5, 0.6) is 5.75 Å². The Hall–Kier alpha value is -3.16. The van der Waals surface area contributed by atoms with E-state index < -0.39 is 6.61 Å². The number of carbonyl (C=O) groups excluding carboxylic acids is 2. The van der Waals surface area contributed by atoms with Crippen molar-refractivity contribution in [3.05, 3.63) is 59.2 Å². The number of urea groups is 1. The van der Waals surface area contributed by atoms with Gasteiger partial charge in [-0.25, -0.2) is 4.79 Å². The van der Waals surface area contributed by atoms with Gasteiger partial charge in [-0.2, -0.15) is 8.78 Å². The molecule has 8 heteroatoms. The maximum absolute atomic E-state index is 12.4. The standard InChI is InChI=1S/C19H21F2N3O3/c1-12-15(17(25)22-2)5-4-6-16(12)23-19(26)24(3)11-13-7-9-14(10-8-13)27-18(20)21/h4-10,18H,11H2,1-3H3,(H,22,25)(H,23,26). The number of alkyl halides is 2. The summed E-state index contributed by atoms with van der Waals surface area (Å²) in [6.45, 7) is -0.852. The van der Waals surface area contributed by atoms with Gasteiger partial charge in [0.15, 0.2) is 0 Å². The number of halogens is 2. The summed E-state index contributed by atoms with van der Waals surface area (Å²) in [5.41, 5.74) is 2.43. The summed E-state index contributed by atoms with van der Waals surface area (Å²) >= 11 is 0. The summed E-state index contributed by atoms with van der Waals surface area (Å²) in [6.07, 6.45) is 0. The lowest BCUT2D eigenvalue weighted by Crippen LogP contribution is -2.31. The number of hydrogen-bond donors (Lipinski definition) is 2. The second kappa shape index (κ2) is 8.98. The van der Waals surface area contributed by atoms with Gasteiger partial charge in [-0.05, 0) is 42.3 Å². The number of ether oxygens (including phenoxy) is 1. The molecule has 3 amide bonds. The van der Waals surface area contributed by atoms with Crippen LogP contribution in [0.1, 0.15) is 21.5 Å². The largest absolute Gasteiger partial charge is 0.435 e. The zero-order valence-corrected chi connectivity index (χ0v) is 15.3. The molecule has 0 radical (unpaired) electrons. The highest BCUT2D eigenvalue weighted by Gasteiger charge is 2.14. The SMILES string of the molecule is CNC(=O)c1cccc(NC(=O)N(C)Cc2ccc(OC(F)F)cc2)c1C. The molecule has 2 aromatic carbocycles. The highest BCUT2D eigenvalue weighted by atomic mass is 19.3. The van der Waals surface area contributed by atoms with E-state index in [0.717, 1.165) is 5.56 Å². The van der Waals surface area contributed by atoms with Crippen LogP contribution in [0, 0.1) is 6.92 Å². The fraction of sp³-hybridized carbons (Fsp3) is 0.263. The van der Waals surface area contributed by atoms with Crippen molar-refractivity contribution >= 4 is 17.6 Å². The molecular formula is C19H21F2N3O3. The summed E-state index contributed by atoms with van der Waals surface area (Å²) in [6, 6.07) is 10.8. The van der Waals surface area contributed by atoms with Crippen LogP contribution in [0.25, 0.3) is 0 Å². The van der Waals surface area contributed by atoms with Crippen molar-refractivity contribution in [3.8, 4) is 5.75 Å². The van der Waals surface area contributed by atoms with E-state index in [9.17, 15) is 18.4 Å². The Morgan fingerprint density at radius 3 is 2.41 bits per heavy atom. The number of amides is 3. The normalized spacial score (nSPS) is 10.4. The van der Waals surface area contributed by atoms with Gasteiger partial charge < -0.3 is 20.3 Å². The number of hydrogen-bond acceptors (Lipinski definition) is 3. The lowest BCUT2D eigenvalue weighted by atomic mass is 10.1. The molecule has 2 rings (SSSR count). The van der Waals surface area contributed by atoms with Crippen molar-refractivity contribution in [1.29, 1.82) is 0 Å². The Balaban J connectivity index is 2.03. The topological polar surface area (TPSA) is 70.7 Å². The predicted octanol–water partition coefficient (Wildman–Crippen LogP) is 3.62. The molecule has 0 saturated heterocycles. The van der Waals surface area contributed by atoms with Crippen LogP contribution in [-0.2, 0) is 6.54 Å². The first kappa shape index (κ1) is 20.2. The number of nitrogens with zero attached hydrogens (tertiary/aromatic N) is 1. The van der Waals surface area contributed by atoms with Gasteiger partial charge in [0.1, 0.15) is 5.75 Å². The molecule has 0 aliphatic heterocycles. The van der Waals surface area contributed by atoms with Crippen LogP contribution in [-0.4, -0.2) is 37.5 Å². The number of anilines is 1. The molecule has 0 aliphatic rings. The molecular weight excluding hydrogens is 356 g/mol. The lowest BCUT2D eigenvalue weighted by Gasteiger charge is -2.20. The second-order valence-electron chi connectivity index (χ2n) is 5.87. The number of rotatable bonds is 6. The number of nitrogens with one attached hydrogen (secondary N) is 2. The Labute approximate surface area is 156 Å². The molecule has 0 heterocycles. The van der Waals surface area contributed by atoms with Gasteiger partial charge in [0.25, 0.3) is 5.91 Å². The molecule has 0 bridgehead atoms. The van der Waals surface area contributed by atoms with Crippen molar-refractivity contribution in [1.82, 2.24) is 10.2 Å². The average molecular weight is 377 g/mol. The minimum absolute atomic E-state index is 0.0579. The number of benzene rings is 2. The minimum Gasteiger partial charge on any atom is -0.435 e. The van der Waals surface area contributed by atoms with E-state index >= 15 is 0 Å².